The van der Waals surface area contributed by atoms with E-state index in [9.17, 15) is 13.2 Å². The average Bonchev–Trinajstić information content (AvgIpc) is 3.21. The number of fused-ring (bicyclic) bond motifs is 4. The number of anilines is 1. The molecule has 1 amide bonds. The number of carbonyl (C=O) groups excluding carboxylic acids is 1. The van der Waals surface area contributed by atoms with Crippen LogP contribution in [0.2, 0.25) is 5.02 Å². The number of methoxy groups -OCH3 is 1. The second kappa shape index (κ2) is 13.9. The molecule has 8 nitrogen and oxygen atoms in total. The minimum atomic E-state index is -3.76. The van der Waals surface area contributed by atoms with E-state index in [1.807, 2.05) is 30.3 Å². The van der Waals surface area contributed by atoms with Crippen LogP contribution in [0, 0.1) is 11.8 Å². The number of nitrogens with zero attached hydrogens (tertiary/aromatic N) is 1. The number of rotatable bonds is 4. The first-order valence-electron chi connectivity index (χ1n) is 17.4. The number of carbonyl (C=O) groups is 1. The number of hydrogen-bond acceptors (Lipinski definition) is 7. The summed E-state index contributed by atoms with van der Waals surface area (Å²) in [4.78, 5) is 15.8. The highest BCUT2D eigenvalue weighted by molar-refractivity contribution is 7.90. The molecule has 2 bridgehead atoms. The summed E-state index contributed by atoms with van der Waals surface area (Å²) in [5.41, 5.74) is 4.76. The Morgan fingerprint density at radius 3 is 2.67 bits per heavy atom. The zero-order valence-corrected chi connectivity index (χ0v) is 29.3. The third kappa shape index (κ3) is 7.05. The zero-order valence-electron chi connectivity index (χ0n) is 27.7. The fraction of sp³-hybridized carbons (Fsp3) is 0.500. The monoisotopic (exact) mass is 691 g/mol. The van der Waals surface area contributed by atoms with Gasteiger partial charge in [-0.2, -0.15) is 0 Å². The van der Waals surface area contributed by atoms with Gasteiger partial charge in [-0.15, -0.1) is 0 Å². The van der Waals surface area contributed by atoms with Crippen LogP contribution in [-0.4, -0.2) is 52.9 Å². The Bertz CT molecular complexity index is 1750. The van der Waals surface area contributed by atoms with Crippen molar-refractivity contribution in [1.29, 1.82) is 0 Å². The molecule has 1 fully saturated rings. The molecule has 0 saturated heterocycles. The second-order valence-corrected chi connectivity index (χ2v) is 16.5. The topological polar surface area (TPSA) is 97.0 Å². The van der Waals surface area contributed by atoms with E-state index in [0.717, 1.165) is 93.2 Å². The third-order valence-corrected chi connectivity index (χ3v) is 12.7. The lowest BCUT2D eigenvalue weighted by Gasteiger charge is -2.47. The maximum atomic E-state index is 13.3. The number of hydrogen-bond donors (Lipinski definition) is 2. The summed E-state index contributed by atoms with van der Waals surface area (Å²) in [5, 5.41) is 4.67. The Labute approximate surface area is 289 Å². The highest BCUT2D eigenvalue weighted by Gasteiger charge is 2.44. The van der Waals surface area contributed by atoms with E-state index >= 15 is 0 Å². The van der Waals surface area contributed by atoms with Crippen molar-refractivity contribution in [2.24, 2.45) is 11.8 Å². The van der Waals surface area contributed by atoms with E-state index in [-0.39, 0.29) is 11.2 Å². The number of ether oxygens (including phenoxy) is 2. The predicted molar refractivity (Wildman–Crippen MR) is 190 cm³/mol. The number of amides is 1. The molecular formula is C38H46ClN3O5S. The molecule has 2 aliphatic carbocycles. The van der Waals surface area contributed by atoms with E-state index in [1.165, 1.54) is 16.7 Å². The molecule has 7 rings (SSSR count). The Balaban J connectivity index is 1.22. The van der Waals surface area contributed by atoms with Crippen LogP contribution < -0.4 is 24.4 Å². The van der Waals surface area contributed by atoms with Gasteiger partial charge in [-0.3, -0.25) is 4.79 Å². The van der Waals surface area contributed by atoms with Gasteiger partial charge >= 0.3 is 0 Å². The van der Waals surface area contributed by atoms with Gasteiger partial charge in [-0.1, -0.05) is 42.6 Å². The average molecular weight is 692 g/mol. The summed E-state index contributed by atoms with van der Waals surface area (Å²) < 4.78 is 40.2. The SMILES string of the molecule is COc1ccc(CN[C@H]2CCCCCS(=O)(=O)NC(=O)c3ccc4c(c3)N(C[C@@H]3CC[C@H]32)C[C@@]2(CCCc3cc(Cl)ccc32)CO4)cc1. The highest BCUT2D eigenvalue weighted by Crippen LogP contribution is 2.47. The minimum Gasteiger partial charge on any atom is -0.497 e. The Morgan fingerprint density at radius 1 is 1.02 bits per heavy atom. The van der Waals surface area contributed by atoms with Gasteiger partial charge in [-0.25, -0.2) is 13.1 Å². The Kier molecular flexibility index (Phi) is 9.64. The van der Waals surface area contributed by atoms with Crippen molar-refractivity contribution in [1.82, 2.24) is 10.0 Å². The molecule has 48 heavy (non-hydrogen) atoms. The molecule has 10 heteroatoms. The fourth-order valence-electron chi connectivity index (χ4n) is 8.43. The van der Waals surface area contributed by atoms with E-state index in [2.05, 4.69) is 39.2 Å². The first-order valence-corrected chi connectivity index (χ1v) is 19.5. The summed E-state index contributed by atoms with van der Waals surface area (Å²) in [6, 6.07) is 20.2. The molecule has 4 atom stereocenters. The molecule has 4 aliphatic rings. The molecule has 0 unspecified atom stereocenters. The normalized spacial score (nSPS) is 27.0. The Hall–Kier alpha value is -3.27. The standard InChI is InChI=1S/C38H46ClN3O5S/c1-46-31-13-8-26(9-14-31)22-40-34-7-3-2-4-19-48(44,45)41-37(43)28-11-17-36-35(21-28)42(23-29-10-15-32(29)34)24-38(25-47-36)18-5-6-27-20-30(39)12-16-33(27)38/h8-9,11-14,16-17,20-21,29,32,34,40H,2-7,10,15,18-19,22-25H2,1H3,(H,41,43)/t29-,32+,34-,38-/m0/s1. The third-order valence-electron chi connectivity index (χ3n) is 11.2. The van der Waals surface area contributed by atoms with Gasteiger partial charge in [0.05, 0.1) is 25.2 Å². The van der Waals surface area contributed by atoms with Crippen LogP contribution >= 0.6 is 11.6 Å². The van der Waals surface area contributed by atoms with Crippen LogP contribution in [0.1, 0.15) is 78.4 Å². The summed E-state index contributed by atoms with van der Waals surface area (Å²) >= 11 is 6.46. The van der Waals surface area contributed by atoms with Crippen LogP contribution in [0.15, 0.2) is 60.7 Å². The van der Waals surface area contributed by atoms with E-state index in [1.54, 1.807) is 13.2 Å². The smallest absolute Gasteiger partial charge is 0.264 e. The summed E-state index contributed by atoms with van der Waals surface area (Å²) in [7, 11) is -2.08. The predicted octanol–water partition coefficient (Wildman–Crippen LogP) is 6.64. The van der Waals surface area contributed by atoms with Crippen molar-refractivity contribution in [2.75, 3.05) is 37.5 Å². The lowest BCUT2D eigenvalue weighted by molar-refractivity contribution is 0.0981. The van der Waals surface area contributed by atoms with Gasteiger partial charge in [0, 0.05) is 41.7 Å². The number of sulfonamides is 1. The van der Waals surface area contributed by atoms with Crippen molar-refractivity contribution in [3.63, 3.8) is 0 Å². The number of aryl methyl sites for hydroxylation is 1. The molecule has 3 aromatic rings. The largest absolute Gasteiger partial charge is 0.497 e. The first kappa shape index (κ1) is 33.2. The first-order chi connectivity index (χ1) is 23.2. The van der Waals surface area contributed by atoms with Crippen LogP contribution in [0.5, 0.6) is 11.5 Å². The van der Waals surface area contributed by atoms with E-state index < -0.39 is 15.9 Å². The highest BCUT2D eigenvalue weighted by atomic mass is 35.5. The molecule has 2 aliphatic heterocycles. The van der Waals surface area contributed by atoms with Crippen LogP contribution in [-0.2, 0) is 28.4 Å². The summed E-state index contributed by atoms with van der Waals surface area (Å²) in [6.45, 7) is 2.90. The number of halogens is 1. The molecule has 1 spiro atoms. The molecular weight excluding hydrogens is 646 g/mol. The number of nitrogens with one attached hydrogen (secondary N) is 2. The maximum Gasteiger partial charge on any atom is 0.264 e. The van der Waals surface area contributed by atoms with E-state index in [4.69, 9.17) is 21.1 Å². The quantitative estimate of drug-likeness (QED) is 0.317. The van der Waals surface area contributed by atoms with Gasteiger partial charge < -0.3 is 19.7 Å². The van der Waals surface area contributed by atoms with Gasteiger partial charge in [-0.05, 0) is 116 Å². The van der Waals surface area contributed by atoms with Crippen LogP contribution in [0.4, 0.5) is 5.69 Å². The molecule has 0 aromatic heterocycles. The number of benzene rings is 3. The van der Waals surface area contributed by atoms with Gasteiger partial charge in [0.2, 0.25) is 10.0 Å². The van der Waals surface area contributed by atoms with Crippen molar-refractivity contribution >= 4 is 33.2 Å². The maximum absolute atomic E-state index is 13.3. The molecule has 256 valence electrons. The molecule has 1 saturated carbocycles. The summed E-state index contributed by atoms with van der Waals surface area (Å²) in [5.74, 6) is 1.89. The molecule has 2 heterocycles. The molecule has 0 radical (unpaired) electrons. The van der Waals surface area contributed by atoms with Crippen LogP contribution in [0.3, 0.4) is 0 Å². The second-order valence-electron chi connectivity index (χ2n) is 14.2. The lowest BCUT2D eigenvalue weighted by atomic mass is 9.67. The van der Waals surface area contributed by atoms with Gasteiger partial charge in [0.25, 0.3) is 5.91 Å². The lowest BCUT2D eigenvalue weighted by Crippen LogP contribution is -2.51. The fourth-order valence-corrected chi connectivity index (χ4v) is 9.71. The Morgan fingerprint density at radius 2 is 1.88 bits per heavy atom. The van der Waals surface area contributed by atoms with E-state index in [0.29, 0.717) is 36.5 Å². The van der Waals surface area contributed by atoms with Crippen molar-refractivity contribution in [3.8, 4) is 11.5 Å². The van der Waals surface area contributed by atoms with Crippen LogP contribution in [0.25, 0.3) is 0 Å². The molecule has 2 N–H and O–H groups in total. The van der Waals surface area contributed by atoms with Crippen molar-refractivity contribution in [2.45, 2.75) is 75.8 Å². The van der Waals surface area contributed by atoms with Gasteiger partial charge in [0.15, 0.2) is 0 Å². The molecule has 3 aromatic carbocycles. The van der Waals surface area contributed by atoms with Crippen molar-refractivity contribution in [3.05, 3.63) is 87.9 Å². The van der Waals surface area contributed by atoms with Crippen molar-refractivity contribution < 1.29 is 22.7 Å². The summed E-state index contributed by atoms with van der Waals surface area (Å²) in [6.07, 6.45) is 8.57. The van der Waals surface area contributed by atoms with Gasteiger partial charge in [0.1, 0.15) is 11.5 Å². The zero-order chi connectivity index (χ0) is 33.3. The minimum absolute atomic E-state index is 0.0686.